The molecule has 0 aliphatic carbocycles. The van der Waals surface area contributed by atoms with Crippen molar-refractivity contribution in [3.05, 3.63) is 89.1 Å². The van der Waals surface area contributed by atoms with Gasteiger partial charge in [-0.1, -0.05) is 19.4 Å². The van der Waals surface area contributed by atoms with Crippen molar-refractivity contribution in [3.8, 4) is 17.2 Å². The van der Waals surface area contributed by atoms with E-state index in [1.807, 2.05) is 0 Å². The van der Waals surface area contributed by atoms with Gasteiger partial charge in [0.1, 0.15) is 11.4 Å². The number of benzene rings is 3. The molecule has 0 saturated heterocycles. The number of ether oxygens (including phenoxy) is 3. The van der Waals surface area contributed by atoms with E-state index in [0.29, 0.717) is 46.2 Å². The number of hydrogen-bond acceptors (Lipinski definition) is 6. The van der Waals surface area contributed by atoms with Crippen LogP contribution in [-0.2, 0) is 4.79 Å². The fraction of sp³-hybridized carbons (Fsp3) is 0.207. The number of unbranched alkanes of at least 4 members (excludes halogenated alkanes) is 1. The quantitative estimate of drug-likeness (QED) is 0.225. The molecule has 0 atom stereocenters. The van der Waals surface area contributed by atoms with Crippen molar-refractivity contribution >= 4 is 29.4 Å². The van der Waals surface area contributed by atoms with Gasteiger partial charge in [0.25, 0.3) is 11.8 Å². The molecule has 0 radical (unpaired) electrons. The molecule has 2 amide bonds. The maximum absolute atomic E-state index is 13.2. The first-order valence-electron chi connectivity index (χ1n) is 12.0. The SMILES string of the molecule is CCCCOc1ccc(C(=O)NC(=Cc2ccc3c(c2)OCO3)C(=O)Nc2ccc(C(C)=O)cc2)cc1. The van der Waals surface area contributed by atoms with E-state index in [4.69, 9.17) is 14.2 Å². The molecule has 0 aromatic heterocycles. The molecule has 3 aromatic carbocycles. The van der Waals surface area contributed by atoms with Gasteiger partial charge in [0.2, 0.25) is 6.79 Å². The maximum Gasteiger partial charge on any atom is 0.272 e. The van der Waals surface area contributed by atoms with Crippen molar-refractivity contribution < 1.29 is 28.6 Å². The normalized spacial score (nSPS) is 12.1. The number of fused-ring (bicyclic) bond motifs is 1. The minimum absolute atomic E-state index is 0.0304. The third-order valence-corrected chi connectivity index (χ3v) is 5.63. The van der Waals surface area contributed by atoms with Gasteiger partial charge in [0.15, 0.2) is 17.3 Å². The highest BCUT2D eigenvalue weighted by atomic mass is 16.7. The van der Waals surface area contributed by atoms with Gasteiger partial charge >= 0.3 is 0 Å². The Morgan fingerprint density at radius 2 is 1.62 bits per heavy atom. The Balaban J connectivity index is 1.54. The predicted octanol–water partition coefficient (Wildman–Crippen LogP) is 5.21. The van der Waals surface area contributed by atoms with Crippen molar-refractivity contribution in [3.63, 3.8) is 0 Å². The summed E-state index contributed by atoms with van der Waals surface area (Å²) in [6.45, 7) is 4.29. The molecule has 2 N–H and O–H groups in total. The van der Waals surface area contributed by atoms with Crippen LogP contribution in [0.1, 0.15) is 53.0 Å². The van der Waals surface area contributed by atoms with Crippen molar-refractivity contribution in [2.45, 2.75) is 26.7 Å². The van der Waals surface area contributed by atoms with Gasteiger partial charge in [-0.3, -0.25) is 14.4 Å². The van der Waals surface area contributed by atoms with Gasteiger partial charge < -0.3 is 24.8 Å². The number of carbonyl (C=O) groups is 3. The fourth-order valence-corrected chi connectivity index (χ4v) is 3.55. The van der Waals surface area contributed by atoms with Crippen LogP contribution in [0.4, 0.5) is 5.69 Å². The summed E-state index contributed by atoms with van der Waals surface area (Å²) in [5.74, 6) is 0.788. The smallest absolute Gasteiger partial charge is 0.272 e. The molecule has 190 valence electrons. The van der Waals surface area contributed by atoms with Gasteiger partial charge in [0, 0.05) is 16.8 Å². The molecule has 4 rings (SSSR count). The van der Waals surface area contributed by atoms with Crippen molar-refractivity contribution in [2.24, 2.45) is 0 Å². The lowest BCUT2D eigenvalue weighted by molar-refractivity contribution is -0.113. The molecule has 0 unspecified atom stereocenters. The molecule has 3 aromatic rings. The number of Topliss-reactive ketones (excluding diaryl/α,β-unsaturated/α-hetero) is 1. The summed E-state index contributed by atoms with van der Waals surface area (Å²) in [7, 11) is 0. The van der Waals surface area contributed by atoms with Crippen molar-refractivity contribution in [1.29, 1.82) is 0 Å². The van der Waals surface area contributed by atoms with E-state index >= 15 is 0 Å². The Kier molecular flexibility index (Phi) is 8.20. The molecule has 0 spiro atoms. The molecule has 0 fully saturated rings. The van der Waals surface area contributed by atoms with Crippen molar-refractivity contribution in [1.82, 2.24) is 5.32 Å². The Bertz CT molecular complexity index is 1310. The summed E-state index contributed by atoms with van der Waals surface area (Å²) in [4.78, 5) is 37.8. The molecule has 0 bridgehead atoms. The lowest BCUT2D eigenvalue weighted by Gasteiger charge is -2.12. The second-order valence-corrected chi connectivity index (χ2v) is 8.44. The van der Waals surface area contributed by atoms with Crippen LogP contribution in [0.2, 0.25) is 0 Å². The number of carbonyl (C=O) groups excluding carboxylic acids is 3. The minimum Gasteiger partial charge on any atom is -0.494 e. The number of nitrogens with one attached hydrogen (secondary N) is 2. The molecule has 37 heavy (non-hydrogen) atoms. The second kappa shape index (κ2) is 11.9. The van der Waals surface area contributed by atoms with E-state index in [9.17, 15) is 14.4 Å². The fourth-order valence-electron chi connectivity index (χ4n) is 3.55. The van der Waals surface area contributed by atoms with Crippen molar-refractivity contribution in [2.75, 3.05) is 18.7 Å². The lowest BCUT2D eigenvalue weighted by Crippen LogP contribution is -2.30. The number of ketones is 1. The van der Waals surface area contributed by atoms with E-state index in [2.05, 4.69) is 17.6 Å². The lowest BCUT2D eigenvalue weighted by atomic mass is 10.1. The third-order valence-electron chi connectivity index (χ3n) is 5.63. The van der Waals surface area contributed by atoms with Crippen LogP contribution in [0, 0.1) is 0 Å². The van der Waals surface area contributed by atoms with E-state index in [-0.39, 0.29) is 18.3 Å². The minimum atomic E-state index is -0.527. The monoisotopic (exact) mass is 500 g/mol. The first-order chi connectivity index (χ1) is 17.9. The van der Waals surface area contributed by atoms with E-state index in [0.717, 1.165) is 12.8 Å². The molecule has 1 aliphatic heterocycles. The number of hydrogen-bond donors (Lipinski definition) is 2. The first kappa shape index (κ1) is 25.5. The Morgan fingerprint density at radius 3 is 2.32 bits per heavy atom. The second-order valence-electron chi connectivity index (χ2n) is 8.44. The zero-order valence-corrected chi connectivity index (χ0v) is 20.7. The van der Waals surface area contributed by atoms with E-state index in [1.54, 1.807) is 72.8 Å². The summed E-state index contributed by atoms with van der Waals surface area (Å²) in [6, 6.07) is 18.5. The average molecular weight is 501 g/mol. The standard InChI is InChI=1S/C29H28N2O6/c1-3-4-15-35-24-12-8-22(9-13-24)28(33)31-25(16-20-5-14-26-27(17-20)37-18-36-26)29(34)30-23-10-6-21(7-11-23)19(2)32/h5-14,16-17H,3-4,15,18H2,1-2H3,(H,30,34)(H,31,33). The molecular weight excluding hydrogens is 472 g/mol. The van der Waals surface area contributed by atoms with Gasteiger partial charge in [-0.25, -0.2) is 0 Å². The Labute approximate surface area is 215 Å². The molecular formula is C29H28N2O6. The molecule has 8 heteroatoms. The zero-order chi connectivity index (χ0) is 26.2. The first-order valence-corrected chi connectivity index (χ1v) is 12.0. The van der Waals surface area contributed by atoms with Crippen LogP contribution in [-0.4, -0.2) is 31.0 Å². The van der Waals surface area contributed by atoms with E-state index < -0.39 is 11.8 Å². The highest BCUT2D eigenvalue weighted by molar-refractivity contribution is 6.10. The van der Waals surface area contributed by atoms with E-state index in [1.165, 1.54) is 6.92 Å². The molecule has 0 saturated carbocycles. The molecule has 1 heterocycles. The van der Waals surface area contributed by atoms with Crippen LogP contribution in [0.25, 0.3) is 6.08 Å². The third kappa shape index (κ3) is 6.76. The van der Waals surface area contributed by atoms with Gasteiger partial charge in [0.05, 0.1) is 6.61 Å². The molecule has 1 aliphatic rings. The van der Waals surface area contributed by atoms with Crippen LogP contribution in [0.5, 0.6) is 17.2 Å². The number of rotatable bonds is 10. The van der Waals surface area contributed by atoms with Crippen LogP contribution >= 0.6 is 0 Å². The predicted molar refractivity (Wildman–Crippen MR) is 140 cm³/mol. The highest BCUT2D eigenvalue weighted by Gasteiger charge is 2.17. The van der Waals surface area contributed by atoms with Crippen LogP contribution in [0.3, 0.4) is 0 Å². The Morgan fingerprint density at radius 1 is 0.919 bits per heavy atom. The number of amides is 2. The molecule has 8 nitrogen and oxygen atoms in total. The maximum atomic E-state index is 13.2. The summed E-state index contributed by atoms with van der Waals surface area (Å²) in [6.07, 6.45) is 3.53. The van der Waals surface area contributed by atoms with Gasteiger partial charge in [-0.05, 0) is 85.6 Å². The topological polar surface area (TPSA) is 103 Å². The average Bonchev–Trinajstić information content (AvgIpc) is 3.37. The van der Waals surface area contributed by atoms with Crippen LogP contribution < -0.4 is 24.8 Å². The summed E-state index contributed by atoms with van der Waals surface area (Å²) in [5, 5.41) is 5.48. The summed E-state index contributed by atoms with van der Waals surface area (Å²) < 4.78 is 16.4. The summed E-state index contributed by atoms with van der Waals surface area (Å²) >= 11 is 0. The van der Waals surface area contributed by atoms with Gasteiger partial charge in [-0.15, -0.1) is 0 Å². The number of anilines is 1. The largest absolute Gasteiger partial charge is 0.494 e. The Hall–Kier alpha value is -4.59. The summed E-state index contributed by atoms with van der Waals surface area (Å²) in [5.41, 5.74) is 2.06. The van der Waals surface area contributed by atoms with Gasteiger partial charge in [-0.2, -0.15) is 0 Å². The highest BCUT2D eigenvalue weighted by Crippen LogP contribution is 2.33. The van der Waals surface area contributed by atoms with Crippen LogP contribution in [0.15, 0.2) is 72.4 Å². The zero-order valence-electron chi connectivity index (χ0n) is 20.7.